The lowest BCUT2D eigenvalue weighted by molar-refractivity contribution is 0.259. The van der Waals surface area contributed by atoms with Crippen molar-refractivity contribution in [1.29, 1.82) is 0 Å². The van der Waals surface area contributed by atoms with Crippen LogP contribution < -0.4 is 0 Å². The summed E-state index contributed by atoms with van der Waals surface area (Å²) in [4.78, 5) is 3.65. The first-order valence-corrected chi connectivity index (χ1v) is 2.94. The molecule has 1 heterocycles. The molecule has 0 unspecified atom stereocenters. The Kier molecular flexibility index (Phi) is 1.92. The van der Waals surface area contributed by atoms with Crippen LogP contribution in [-0.4, -0.2) is 15.2 Å². The number of aromatic nitrogens is 1. The maximum absolute atomic E-state index is 8.76. The fraction of sp³-hybridized carbons (Fsp3) is 0.286. The first-order valence-electron chi connectivity index (χ1n) is 3.44. The Morgan fingerprint density at radius 3 is 2.60 bits per heavy atom. The molecular formula is C7H9NO2. The summed E-state index contributed by atoms with van der Waals surface area (Å²) in [6.07, 6.45) is 1.46. The van der Waals surface area contributed by atoms with E-state index in [1.165, 1.54) is 6.20 Å². The van der Waals surface area contributed by atoms with Crippen LogP contribution in [0, 0.1) is 0 Å². The van der Waals surface area contributed by atoms with Crippen molar-refractivity contribution in [2.75, 3.05) is 0 Å². The van der Waals surface area contributed by atoms with Gasteiger partial charge in [0.25, 0.3) is 0 Å². The van der Waals surface area contributed by atoms with E-state index in [4.69, 9.17) is 11.6 Å². The highest BCUT2D eigenvalue weighted by Crippen LogP contribution is 2.05. The third kappa shape index (κ3) is 1.32. The zero-order valence-corrected chi connectivity index (χ0v) is 5.41. The Hall–Kier alpha value is -0.930. The van der Waals surface area contributed by atoms with Gasteiger partial charge in [0.05, 0.1) is 14.6 Å². The summed E-state index contributed by atoms with van der Waals surface area (Å²) in [6.45, 7) is -0.410. The number of hydrogen-bond donors (Lipinski definition) is 2. The molecule has 3 nitrogen and oxygen atoms in total. The lowest BCUT2D eigenvalue weighted by Crippen LogP contribution is -1.93. The largest absolute Gasteiger partial charge is 0.392 e. The second-order valence-electron chi connectivity index (χ2n) is 1.88. The van der Waals surface area contributed by atoms with E-state index in [0.717, 1.165) is 0 Å². The predicted octanol–water partition coefficient (Wildman–Crippen LogP) is 0.0662. The van der Waals surface area contributed by atoms with E-state index in [1.807, 2.05) is 0 Å². The zero-order valence-electron chi connectivity index (χ0n) is 6.41. The van der Waals surface area contributed by atoms with Crippen molar-refractivity contribution in [2.45, 2.75) is 13.2 Å². The highest BCUT2D eigenvalue weighted by molar-refractivity contribution is 5.21. The topological polar surface area (TPSA) is 53.4 Å². The SMILES string of the molecule is [2H]c1nccc(CO)c1CO. The summed E-state index contributed by atoms with van der Waals surface area (Å²) in [6, 6.07) is 1.59. The number of aliphatic hydroxyl groups excluding tert-OH is 2. The second-order valence-corrected chi connectivity index (χ2v) is 1.88. The van der Waals surface area contributed by atoms with E-state index in [-0.39, 0.29) is 19.4 Å². The lowest BCUT2D eigenvalue weighted by atomic mass is 10.2. The minimum absolute atomic E-state index is 0.0269. The van der Waals surface area contributed by atoms with Crippen molar-refractivity contribution in [3.8, 4) is 0 Å². The molecule has 3 heteroatoms. The summed E-state index contributed by atoms with van der Waals surface area (Å²) in [5, 5.41) is 17.5. The molecule has 0 aromatic carbocycles. The zero-order chi connectivity index (χ0) is 8.27. The quantitative estimate of drug-likeness (QED) is 0.611. The van der Waals surface area contributed by atoms with Crippen LogP contribution in [0.1, 0.15) is 12.5 Å². The van der Waals surface area contributed by atoms with E-state index < -0.39 is 0 Å². The Balaban J connectivity index is 3.13. The molecule has 0 aliphatic heterocycles. The van der Waals surface area contributed by atoms with Gasteiger partial charge in [-0.05, 0) is 11.6 Å². The van der Waals surface area contributed by atoms with Crippen molar-refractivity contribution < 1.29 is 11.6 Å². The molecule has 0 saturated heterocycles. The smallest absolute Gasteiger partial charge is 0.0844 e. The van der Waals surface area contributed by atoms with Crippen molar-refractivity contribution in [1.82, 2.24) is 4.98 Å². The highest BCUT2D eigenvalue weighted by Gasteiger charge is 1.96. The van der Waals surface area contributed by atoms with Gasteiger partial charge >= 0.3 is 0 Å². The number of aliphatic hydroxyl groups is 2. The second kappa shape index (κ2) is 3.29. The third-order valence-corrected chi connectivity index (χ3v) is 1.27. The molecule has 0 aliphatic rings. The Labute approximate surface area is 60.4 Å². The molecule has 10 heavy (non-hydrogen) atoms. The molecular weight excluding hydrogens is 130 g/mol. The van der Waals surface area contributed by atoms with Crippen LogP contribution in [0.2, 0.25) is 0 Å². The van der Waals surface area contributed by atoms with Gasteiger partial charge in [-0.2, -0.15) is 0 Å². The number of hydrogen-bond acceptors (Lipinski definition) is 3. The van der Waals surface area contributed by atoms with E-state index >= 15 is 0 Å². The van der Waals surface area contributed by atoms with Crippen molar-refractivity contribution >= 4 is 0 Å². The molecule has 2 N–H and O–H groups in total. The van der Waals surface area contributed by atoms with Crippen LogP contribution in [0.25, 0.3) is 0 Å². The molecule has 0 aliphatic carbocycles. The normalized spacial score (nSPS) is 11.2. The molecule has 0 fully saturated rings. The summed E-state index contributed by atoms with van der Waals surface area (Å²) >= 11 is 0. The van der Waals surface area contributed by atoms with Gasteiger partial charge < -0.3 is 10.2 Å². The molecule has 0 bridgehead atoms. The van der Waals surface area contributed by atoms with Gasteiger partial charge in [-0.3, -0.25) is 4.98 Å². The average Bonchev–Trinajstić information content (AvgIpc) is 2.04. The molecule has 0 amide bonds. The van der Waals surface area contributed by atoms with Crippen molar-refractivity contribution in [2.24, 2.45) is 0 Å². The third-order valence-electron chi connectivity index (χ3n) is 1.27. The monoisotopic (exact) mass is 140 g/mol. The van der Waals surface area contributed by atoms with E-state index in [2.05, 4.69) is 4.98 Å². The molecule has 54 valence electrons. The van der Waals surface area contributed by atoms with Gasteiger partial charge in [0, 0.05) is 17.9 Å². The van der Waals surface area contributed by atoms with Crippen LogP contribution in [0.4, 0.5) is 0 Å². The maximum Gasteiger partial charge on any atom is 0.0844 e. The Morgan fingerprint density at radius 1 is 1.40 bits per heavy atom. The van der Waals surface area contributed by atoms with Gasteiger partial charge in [0.1, 0.15) is 0 Å². The van der Waals surface area contributed by atoms with Crippen LogP contribution in [0.5, 0.6) is 0 Å². The van der Waals surface area contributed by atoms with Crippen LogP contribution >= 0.6 is 0 Å². The number of rotatable bonds is 2. The van der Waals surface area contributed by atoms with E-state index in [1.54, 1.807) is 6.07 Å². The van der Waals surface area contributed by atoms with Gasteiger partial charge in [0.15, 0.2) is 0 Å². The molecule has 1 aromatic heterocycles. The average molecular weight is 140 g/mol. The predicted molar refractivity (Wildman–Crippen MR) is 36.1 cm³/mol. The van der Waals surface area contributed by atoms with Crippen molar-refractivity contribution in [3.63, 3.8) is 0 Å². The summed E-state index contributed by atoms with van der Waals surface area (Å²) < 4.78 is 7.23. The lowest BCUT2D eigenvalue weighted by Gasteiger charge is -2.00. The minimum Gasteiger partial charge on any atom is -0.392 e. The van der Waals surface area contributed by atoms with Crippen LogP contribution in [0.3, 0.4) is 0 Å². The highest BCUT2D eigenvalue weighted by atomic mass is 16.3. The van der Waals surface area contributed by atoms with Gasteiger partial charge in [0.2, 0.25) is 0 Å². The number of nitrogens with zero attached hydrogens (tertiary/aromatic N) is 1. The number of pyridine rings is 1. The standard InChI is InChI=1S/C7H9NO2/c9-4-6-1-2-8-3-7(6)5-10/h1-3,9-10H,4-5H2/i3D. The Bertz CT molecular complexity index is 252. The van der Waals surface area contributed by atoms with Crippen LogP contribution in [-0.2, 0) is 13.2 Å². The molecule has 1 aromatic rings. The molecule has 0 atom stereocenters. The fourth-order valence-electron chi connectivity index (χ4n) is 0.700. The van der Waals surface area contributed by atoms with Gasteiger partial charge in [-0.15, -0.1) is 0 Å². The van der Waals surface area contributed by atoms with Gasteiger partial charge in [-0.25, -0.2) is 0 Å². The van der Waals surface area contributed by atoms with E-state index in [9.17, 15) is 0 Å². The van der Waals surface area contributed by atoms with Crippen molar-refractivity contribution in [3.05, 3.63) is 29.6 Å². The molecule has 0 saturated carbocycles. The fourth-order valence-corrected chi connectivity index (χ4v) is 0.700. The first kappa shape index (κ1) is 5.82. The molecule has 0 spiro atoms. The minimum atomic E-state index is -0.247. The molecule has 1 rings (SSSR count). The summed E-state index contributed by atoms with van der Waals surface area (Å²) in [5.41, 5.74) is 0.961. The maximum atomic E-state index is 8.76. The van der Waals surface area contributed by atoms with Crippen LogP contribution in [0.15, 0.2) is 18.4 Å². The van der Waals surface area contributed by atoms with Gasteiger partial charge in [-0.1, -0.05) is 0 Å². The van der Waals surface area contributed by atoms with E-state index in [0.29, 0.717) is 11.1 Å². The summed E-state index contributed by atoms with van der Waals surface area (Å²) in [5.74, 6) is 0. The molecule has 0 radical (unpaired) electrons. The Morgan fingerprint density at radius 2 is 2.10 bits per heavy atom. The first-order chi connectivity index (χ1) is 5.29. The summed E-state index contributed by atoms with van der Waals surface area (Å²) in [7, 11) is 0.